The van der Waals surface area contributed by atoms with Gasteiger partial charge in [0, 0.05) is 31.7 Å². The lowest BCUT2D eigenvalue weighted by Crippen LogP contribution is -2.58. The first-order chi connectivity index (χ1) is 15.8. The van der Waals surface area contributed by atoms with E-state index in [9.17, 15) is 9.18 Å². The number of benzene rings is 2. The van der Waals surface area contributed by atoms with Crippen LogP contribution < -0.4 is 4.74 Å². The summed E-state index contributed by atoms with van der Waals surface area (Å²) in [7, 11) is 0. The van der Waals surface area contributed by atoms with Crippen LogP contribution in [-0.4, -0.2) is 47.5 Å². The summed E-state index contributed by atoms with van der Waals surface area (Å²) in [5.74, 6) is 0.638. The summed E-state index contributed by atoms with van der Waals surface area (Å²) in [4.78, 5) is 17.6. The van der Waals surface area contributed by atoms with Crippen LogP contribution in [0.2, 0.25) is 0 Å². The van der Waals surface area contributed by atoms with Crippen molar-refractivity contribution in [1.82, 2.24) is 9.80 Å². The van der Waals surface area contributed by atoms with Gasteiger partial charge in [0.25, 0.3) is 5.91 Å². The molecule has 2 aromatic rings. The minimum Gasteiger partial charge on any atom is -0.483 e. The maximum Gasteiger partial charge on any atom is 0.260 e. The highest BCUT2D eigenvalue weighted by Crippen LogP contribution is 2.39. The van der Waals surface area contributed by atoms with Crippen molar-refractivity contribution in [2.75, 3.05) is 19.7 Å². The van der Waals surface area contributed by atoms with Crippen molar-refractivity contribution in [2.45, 2.75) is 84.8 Å². The topological polar surface area (TPSA) is 32.8 Å². The average molecular weight is 469 g/mol. The molecule has 1 aliphatic heterocycles. The molecule has 0 N–H and O–H groups in total. The largest absolute Gasteiger partial charge is 0.483 e. The Morgan fingerprint density at radius 1 is 0.912 bits per heavy atom. The van der Waals surface area contributed by atoms with Gasteiger partial charge in [-0.2, -0.15) is 0 Å². The molecule has 2 atom stereocenters. The lowest BCUT2D eigenvalue weighted by molar-refractivity contribution is -0.139. The normalized spacial score (nSPS) is 19.9. The van der Waals surface area contributed by atoms with Crippen molar-refractivity contribution in [1.29, 1.82) is 0 Å². The van der Waals surface area contributed by atoms with E-state index in [2.05, 4.69) is 78.5 Å². The Kier molecular flexibility index (Phi) is 7.76. The molecule has 1 saturated heterocycles. The smallest absolute Gasteiger partial charge is 0.260 e. The van der Waals surface area contributed by atoms with Crippen molar-refractivity contribution in [3.05, 3.63) is 65.0 Å². The molecule has 3 rings (SSSR count). The second kappa shape index (κ2) is 10.1. The first kappa shape index (κ1) is 26.2. The summed E-state index contributed by atoms with van der Waals surface area (Å²) in [5, 5.41) is 0. The predicted molar refractivity (Wildman–Crippen MR) is 137 cm³/mol. The zero-order valence-corrected chi connectivity index (χ0v) is 22.1. The Labute approximate surface area is 205 Å². The number of rotatable bonds is 5. The quantitative estimate of drug-likeness (QED) is 0.546. The Morgan fingerprint density at radius 2 is 1.47 bits per heavy atom. The van der Waals surface area contributed by atoms with Crippen LogP contribution in [0, 0.1) is 5.82 Å². The molecule has 0 bridgehead atoms. The zero-order chi connectivity index (χ0) is 25.3. The van der Waals surface area contributed by atoms with E-state index in [1.54, 1.807) is 0 Å². The fourth-order valence-corrected chi connectivity index (χ4v) is 4.68. The van der Waals surface area contributed by atoms with Crippen molar-refractivity contribution >= 4 is 5.91 Å². The predicted octanol–water partition coefficient (Wildman–Crippen LogP) is 5.92. The second-order valence-electron chi connectivity index (χ2n) is 11.8. The molecule has 1 heterocycles. The molecule has 186 valence electrons. The van der Waals surface area contributed by atoms with Gasteiger partial charge in [0.1, 0.15) is 11.6 Å². The third-order valence-electron chi connectivity index (χ3n) is 6.71. The van der Waals surface area contributed by atoms with E-state index in [1.165, 1.54) is 12.1 Å². The number of carbonyl (C=O) groups excluding carboxylic acids is 1. The number of hydrogen-bond donors (Lipinski definition) is 0. The maximum atomic E-state index is 13.3. The van der Waals surface area contributed by atoms with Gasteiger partial charge in [0.05, 0.1) is 0 Å². The lowest BCUT2D eigenvalue weighted by atomic mass is 9.79. The molecular weight excluding hydrogens is 427 g/mol. The molecule has 0 saturated carbocycles. The van der Waals surface area contributed by atoms with E-state index in [0.717, 1.165) is 35.5 Å². The Balaban J connectivity index is 1.71. The highest BCUT2D eigenvalue weighted by molar-refractivity contribution is 5.78. The first-order valence-corrected chi connectivity index (χ1v) is 12.3. The molecule has 0 radical (unpaired) electrons. The maximum absolute atomic E-state index is 13.3. The number of halogens is 1. The molecule has 0 aromatic heterocycles. The first-order valence-electron chi connectivity index (χ1n) is 12.3. The average Bonchev–Trinajstić information content (AvgIpc) is 2.74. The minimum atomic E-state index is -0.219. The molecule has 0 aliphatic carbocycles. The van der Waals surface area contributed by atoms with E-state index < -0.39 is 0 Å². The van der Waals surface area contributed by atoms with Crippen molar-refractivity contribution in [3.63, 3.8) is 0 Å². The summed E-state index contributed by atoms with van der Waals surface area (Å²) < 4.78 is 19.6. The second-order valence-corrected chi connectivity index (χ2v) is 11.8. The number of hydrogen-bond acceptors (Lipinski definition) is 3. The van der Waals surface area contributed by atoms with Crippen molar-refractivity contribution in [2.24, 2.45) is 0 Å². The van der Waals surface area contributed by atoms with Gasteiger partial charge in [-0.15, -0.1) is 0 Å². The lowest BCUT2D eigenvalue weighted by Gasteiger charge is -2.44. The third kappa shape index (κ3) is 6.18. The fourth-order valence-electron chi connectivity index (χ4n) is 4.68. The Hall–Kier alpha value is -2.40. The molecule has 2 aromatic carbocycles. The minimum absolute atomic E-state index is 0.0179. The van der Waals surface area contributed by atoms with Crippen LogP contribution in [0.5, 0.6) is 5.75 Å². The number of piperazine rings is 1. The number of ether oxygens (including phenoxy) is 1. The molecule has 1 fully saturated rings. The van der Waals surface area contributed by atoms with Crippen LogP contribution in [0.4, 0.5) is 4.39 Å². The highest BCUT2D eigenvalue weighted by Gasteiger charge is 2.33. The summed E-state index contributed by atoms with van der Waals surface area (Å²) in [6.07, 6.45) is 0. The molecule has 0 unspecified atom stereocenters. The van der Waals surface area contributed by atoms with Crippen LogP contribution >= 0.6 is 0 Å². The zero-order valence-electron chi connectivity index (χ0n) is 22.1. The van der Waals surface area contributed by atoms with E-state index in [-0.39, 0.29) is 41.2 Å². The molecule has 1 aliphatic rings. The van der Waals surface area contributed by atoms with E-state index >= 15 is 0 Å². The summed E-state index contributed by atoms with van der Waals surface area (Å²) >= 11 is 0. The SMILES string of the molecule is C[C@@H]1CN(Cc2ccc(F)cc2)[C@@H](C)CN1C(=O)COc1c(C(C)(C)C)cccc1C(C)(C)C. The third-order valence-corrected chi connectivity index (χ3v) is 6.71. The molecule has 4 nitrogen and oxygen atoms in total. The van der Waals surface area contributed by atoms with Crippen molar-refractivity contribution in [3.8, 4) is 5.75 Å². The molecule has 0 spiro atoms. The van der Waals surface area contributed by atoms with Gasteiger partial charge in [-0.25, -0.2) is 4.39 Å². The van der Waals surface area contributed by atoms with Gasteiger partial charge in [-0.1, -0.05) is 71.9 Å². The van der Waals surface area contributed by atoms with Gasteiger partial charge in [-0.05, 0) is 53.5 Å². The number of carbonyl (C=O) groups is 1. The molecule has 5 heteroatoms. The Bertz CT molecular complexity index is 956. The van der Waals surface area contributed by atoms with Crippen LogP contribution in [0.25, 0.3) is 0 Å². The van der Waals surface area contributed by atoms with E-state index in [1.807, 2.05) is 17.0 Å². The fraction of sp³-hybridized carbons (Fsp3) is 0.552. The standard InChI is InChI=1S/C29H41FN2O2/c1-20-17-32(21(2)16-31(20)18-22-12-14-23(30)15-13-22)26(33)19-34-27-24(28(3,4)5)10-9-11-25(27)29(6,7)8/h9-15,20-21H,16-19H2,1-8H3/t20-,21+/m0/s1. The number of amides is 1. The molecular formula is C29H41FN2O2. The molecule has 34 heavy (non-hydrogen) atoms. The van der Waals surface area contributed by atoms with Crippen LogP contribution in [-0.2, 0) is 22.2 Å². The summed E-state index contributed by atoms with van der Waals surface area (Å²) in [6, 6.07) is 13.2. The summed E-state index contributed by atoms with van der Waals surface area (Å²) in [6.45, 7) is 19.5. The van der Waals surface area contributed by atoms with Crippen LogP contribution in [0.3, 0.4) is 0 Å². The van der Waals surface area contributed by atoms with E-state index in [0.29, 0.717) is 6.54 Å². The Morgan fingerprint density at radius 3 is 2.00 bits per heavy atom. The van der Waals surface area contributed by atoms with Gasteiger partial charge in [-0.3, -0.25) is 9.69 Å². The van der Waals surface area contributed by atoms with Gasteiger partial charge >= 0.3 is 0 Å². The van der Waals surface area contributed by atoms with Crippen molar-refractivity contribution < 1.29 is 13.9 Å². The summed E-state index contributed by atoms with van der Waals surface area (Å²) in [5.41, 5.74) is 3.15. The van der Waals surface area contributed by atoms with Gasteiger partial charge in [0.15, 0.2) is 6.61 Å². The van der Waals surface area contributed by atoms with Crippen LogP contribution in [0.1, 0.15) is 72.1 Å². The molecule has 1 amide bonds. The van der Waals surface area contributed by atoms with Gasteiger partial charge in [0.2, 0.25) is 0 Å². The monoisotopic (exact) mass is 468 g/mol. The van der Waals surface area contributed by atoms with Gasteiger partial charge < -0.3 is 9.64 Å². The van der Waals surface area contributed by atoms with Crippen LogP contribution in [0.15, 0.2) is 42.5 Å². The highest BCUT2D eigenvalue weighted by atomic mass is 19.1. The number of nitrogens with zero attached hydrogens (tertiary/aromatic N) is 2. The number of para-hydroxylation sites is 1. The van der Waals surface area contributed by atoms with E-state index in [4.69, 9.17) is 4.74 Å².